The third-order valence-corrected chi connectivity index (χ3v) is 1.87. The molecule has 1 aliphatic carbocycles. The molecule has 0 aliphatic heterocycles. The first-order valence-corrected chi connectivity index (χ1v) is 3.06. The van der Waals surface area contributed by atoms with Crippen molar-refractivity contribution in [1.29, 1.82) is 0 Å². The van der Waals surface area contributed by atoms with Crippen LogP contribution in [0.2, 0.25) is 0 Å². The van der Waals surface area contributed by atoms with Gasteiger partial charge < -0.3 is 5.73 Å². The number of alkyl halides is 2. The highest BCUT2D eigenvalue weighted by Crippen LogP contribution is 2.52. The van der Waals surface area contributed by atoms with E-state index in [1.165, 1.54) is 0 Å². The molecule has 1 saturated carbocycles. The Balaban J connectivity index is 2.28. The molecule has 0 saturated heterocycles. The minimum atomic E-state index is -1.63. The number of primary amides is 1. The summed E-state index contributed by atoms with van der Waals surface area (Å²) in [4.78, 5) is 10.1. The van der Waals surface area contributed by atoms with Gasteiger partial charge in [-0.15, -0.1) is 0 Å². The van der Waals surface area contributed by atoms with Crippen molar-refractivity contribution in [2.45, 2.75) is 18.0 Å². The third-order valence-electron chi connectivity index (χ3n) is 1.40. The molecule has 2 atom stereocenters. The van der Waals surface area contributed by atoms with Crippen LogP contribution in [-0.4, -0.2) is 11.0 Å². The molecule has 0 radical (unpaired) electrons. The fourth-order valence-corrected chi connectivity index (χ4v) is 0.997. The molecule has 52 valence electrons. The Morgan fingerprint density at radius 2 is 2.44 bits per heavy atom. The standard InChI is InChI=1S/C5H7ClFNO/c6-5(7)2-3(5)1-4(8)9/h3H,1-2H2,(H2,8,9)/t3-,5-/m1/s1. The summed E-state index contributed by atoms with van der Waals surface area (Å²) in [5.74, 6) is -0.822. The molecular weight excluding hydrogens is 145 g/mol. The Labute approximate surface area is 57.2 Å². The fraction of sp³-hybridized carbons (Fsp3) is 0.800. The van der Waals surface area contributed by atoms with Crippen LogP contribution in [0.15, 0.2) is 0 Å². The molecule has 2 N–H and O–H groups in total. The van der Waals surface area contributed by atoms with E-state index in [0.29, 0.717) is 0 Å². The molecule has 0 aromatic heterocycles. The van der Waals surface area contributed by atoms with Gasteiger partial charge in [0.1, 0.15) is 0 Å². The smallest absolute Gasteiger partial charge is 0.217 e. The third kappa shape index (κ3) is 1.55. The van der Waals surface area contributed by atoms with Crippen LogP contribution in [0.4, 0.5) is 4.39 Å². The van der Waals surface area contributed by atoms with Crippen molar-refractivity contribution in [1.82, 2.24) is 0 Å². The second-order valence-corrected chi connectivity index (χ2v) is 2.96. The van der Waals surface area contributed by atoms with Crippen LogP contribution in [0.25, 0.3) is 0 Å². The van der Waals surface area contributed by atoms with Gasteiger partial charge in [-0.25, -0.2) is 4.39 Å². The Hall–Kier alpha value is -0.310. The van der Waals surface area contributed by atoms with Gasteiger partial charge in [-0.2, -0.15) is 0 Å². The zero-order valence-electron chi connectivity index (χ0n) is 4.73. The second kappa shape index (κ2) is 1.84. The normalized spacial score (nSPS) is 40.4. The van der Waals surface area contributed by atoms with Gasteiger partial charge in [0.05, 0.1) is 0 Å². The summed E-state index contributed by atoms with van der Waals surface area (Å²) in [6.45, 7) is 0. The lowest BCUT2D eigenvalue weighted by Crippen LogP contribution is -2.12. The maximum atomic E-state index is 12.4. The van der Waals surface area contributed by atoms with Crippen LogP contribution in [0.1, 0.15) is 12.8 Å². The van der Waals surface area contributed by atoms with Gasteiger partial charge in [-0.1, -0.05) is 11.6 Å². The quantitative estimate of drug-likeness (QED) is 0.583. The van der Waals surface area contributed by atoms with Gasteiger partial charge in [0.15, 0.2) is 5.13 Å². The average molecular weight is 152 g/mol. The van der Waals surface area contributed by atoms with Crippen molar-refractivity contribution in [2.24, 2.45) is 11.7 Å². The summed E-state index contributed by atoms with van der Waals surface area (Å²) >= 11 is 5.18. The van der Waals surface area contributed by atoms with Gasteiger partial charge in [0.25, 0.3) is 0 Å². The van der Waals surface area contributed by atoms with Gasteiger partial charge in [-0.05, 0) is 0 Å². The second-order valence-electron chi connectivity index (χ2n) is 2.33. The topological polar surface area (TPSA) is 43.1 Å². The number of hydrogen-bond donors (Lipinski definition) is 1. The predicted octanol–water partition coefficient (Wildman–Crippen LogP) is 0.786. The molecule has 0 heterocycles. The summed E-state index contributed by atoms with van der Waals surface area (Å²) in [6, 6.07) is 0. The summed E-state index contributed by atoms with van der Waals surface area (Å²) in [5.41, 5.74) is 4.79. The van der Waals surface area contributed by atoms with Crippen LogP contribution < -0.4 is 5.73 Å². The highest BCUT2D eigenvalue weighted by molar-refractivity contribution is 6.25. The van der Waals surface area contributed by atoms with E-state index in [0.717, 1.165) is 0 Å². The number of carbonyl (C=O) groups excluding carboxylic acids is 1. The van der Waals surface area contributed by atoms with E-state index in [1.807, 2.05) is 0 Å². The Bertz CT molecular complexity index is 148. The Morgan fingerprint density at radius 1 is 2.00 bits per heavy atom. The first-order chi connectivity index (χ1) is 4.02. The monoisotopic (exact) mass is 151 g/mol. The summed E-state index contributed by atoms with van der Waals surface area (Å²) in [6.07, 6.45) is 0.331. The number of carbonyl (C=O) groups is 1. The minimum Gasteiger partial charge on any atom is -0.370 e. The van der Waals surface area contributed by atoms with Crippen LogP contribution in [0, 0.1) is 5.92 Å². The van der Waals surface area contributed by atoms with Crippen LogP contribution in [0.5, 0.6) is 0 Å². The first kappa shape index (κ1) is 6.81. The fourth-order valence-electron chi connectivity index (χ4n) is 0.734. The van der Waals surface area contributed by atoms with E-state index in [-0.39, 0.29) is 18.8 Å². The van der Waals surface area contributed by atoms with E-state index < -0.39 is 11.0 Å². The van der Waals surface area contributed by atoms with E-state index in [1.54, 1.807) is 0 Å². The molecule has 1 rings (SSSR count). The number of amides is 1. The maximum absolute atomic E-state index is 12.4. The molecule has 0 bridgehead atoms. The molecule has 2 nitrogen and oxygen atoms in total. The molecule has 4 heteroatoms. The minimum absolute atomic E-state index is 0.0694. The van der Waals surface area contributed by atoms with Crippen molar-refractivity contribution in [2.75, 3.05) is 0 Å². The molecule has 0 aromatic rings. The SMILES string of the molecule is NC(=O)C[C@@H]1C[C@]1(F)Cl. The van der Waals surface area contributed by atoms with Gasteiger partial charge >= 0.3 is 0 Å². The molecule has 1 amide bonds. The van der Waals surface area contributed by atoms with E-state index in [4.69, 9.17) is 17.3 Å². The molecular formula is C5H7ClFNO. The summed E-state index contributed by atoms with van der Waals surface area (Å²) in [5, 5.41) is -1.63. The molecule has 1 fully saturated rings. The van der Waals surface area contributed by atoms with Crippen LogP contribution >= 0.6 is 11.6 Å². The predicted molar refractivity (Wildman–Crippen MR) is 31.6 cm³/mol. The Kier molecular flexibility index (Phi) is 1.39. The lowest BCUT2D eigenvalue weighted by Gasteiger charge is -1.92. The summed E-state index contributed by atoms with van der Waals surface area (Å²) < 4.78 is 12.4. The van der Waals surface area contributed by atoms with Crippen molar-refractivity contribution in [3.8, 4) is 0 Å². The zero-order chi connectivity index (χ0) is 7.07. The number of hydrogen-bond acceptors (Lipinski definition) is 1. The van der Waals surface area contributed by atoms with Crippen LogP contribution in [-0.2, 0) is 4.79 Å². The largest absolute Gasteiger partial charge is 0.370 e. The van der Waals surface area contributed by atoms with Gasteiger partial charge in [0.2, 0.25) is 5.91 Å². The highest BCUT2D eigenvalue weighted by atomic mass is 35.5. The lowest BCUT2D eigenvalue weighted by molar-refractivity contribution is -0.118. The molecule has 0 unspecified atom stereocenters. The first-order valence-electron chi connectivity index (χ1n) is 2.68. The van der Waals surface area contributed by atoms with Gasteiger partial charge in [0, 0.05) is 18.8 Å². The van der Waals surface area contributed by atoms with Crippen LogP contribution in [0.3, 0.4) is 0 Å². The van der Waals surface area contributed by atoms with E-state index >= 15 is 0 Å². The molecule has 0 aromatic carbocycles. The molecule has 0 spiro atoms. The van der Waals surface area contributed by atoms with Crippen molar-refractivity contribution in [3.05, 3.63) is 0 Å². The maximum Gasteiger partial charge on any atom is 0.217 e. The van der Waals surface area contributed by atoms with E-state index in [9.17, 15) is 9.18 Å². The van der Waals surface area contributed by atoms with Crippen molar-refractivity contribution in [3.63, 3.8) is 0 Å². The lowest BCUT2D eigenvalue weighted by atomic mass is 10.3. The molecule has 1 aliphatic rings. The number of halogens is 2. The number of nitrogens with two attached hydrogens (primary N) is 1. The van der Waals surface area contributed by atoms with Gasteiger partial charge in [-0.3, -0.25) is 4.79 Å². The Morgan fingerprint density at radius 3 is 2.56 bits per heavy atom. The van der Waals surface area contributed by atoms with Crippen molar-refractivity contribution < 1.29 is 9.18 Å². The highest BCUT2D eigenvalue weighted by Gasteiger charge is 2.54. The average Bonchev–Trinajstić information content (AvgIpc) is 2.10. The number of rotatable bonds is 2. The zero-order valence-corrected chi connectivity index (χ0v) is 5.49. The molecule has 9 heavy (non-hydrogen) atoms. The van der Waals surface area contributed by atoms with Crippen molar-refractivity contribution >= 4 is 17.5 Å². The van der Waals surface area contributed by atoms with E-state index in [2.05, 4.69) is 0 Å². The summed E-state index contributed by atoms with van der Waals surface area (Å²) in [7, 11) is 0.